The van der Waals surface area contributed by atoms with Crippen LogP contribution in [-0.4, -0.2) is 21.7 Å². The molecule has 0 atom stereocenters. The molecule has 0 bridgehead atoms. The number of carbonyl (C=O) groups excluding carboxylic acids is 1. The monoisotopic (exact) mass is 311 g/mol. The summed E-state index contributed by atoms with van der Waals surface area (Å²) in [6.45, 7) is 4.12. The standard InChI is InChI=1S/C17H13NOS2/c1-2-10-18-16(19)15(21-17(18)20)11-13-8-5-7-12-6-3-4-9-14(12)13/h2-9,11H,1,10H2/b15-11+. The molecule has 0 unspecified atom stereocenters. The molecule has 104 valence electrons. The van der Waals surface area contributed by atoms with Gasteiger partial charge in [-0.25, -0.2) is 0 Å². The Morgan fingerprint density at radius 1 is 1.19 bits per heavy atom. The predicted molar refractivity (Wildman–Crippen MR) is 94.0 cm³/mol. The minimum Gasteiger partial charge on any atom is -0.289 e. The highest BCUT2D eigenvalue weighted by Crippen LogP contribution is 2.33. The first-order chi connectivity index (χ1) is 10.2. The lowest BCUT2D eigenvalue weighted by molar-refractivity contribution is -0.121. The van der Waals surface area contributed by atoms with Gasteiger partial charge in [0.1, 0.15) is 4.32 Å². The van der Waals surface area contributed by atoms with E-state index in [4.69, 9.17) is 12.2 Å². The second kappa shape index (κ2) is 5.84. The van der Waals surface area contributed by atoms with Gasteiger partial charge in [0, 0.05) is 6.54 Å². The van der Waals surface area contributed by atoms with Crippen LogP contribution in [0.3, 0.4) is 0 Å². The van der Waals surface area contributed by atoms with Gasteiger partial charge in [0.25, 0.3) is 5.91 Å². The van der Waals surface area contributed by atoms with Gasteiger partial charge >= 0.3 is 0 Å². The molecular formula is C17H13NOS2. The molecule has 0 N–H and O–H groups in total. The van der Waals surface area contributed by atoms with Crippen LogP contribution in [0.2, 0.25) is 0 Å². The molecule has 0 aromatic heterocycles. The highest BCUT2D eigenvalue weighted by Gasteiger charge is 2.30. The summed E-state index contributed by atoms with van der Waals surface area (Å²) in [5.74, 6) is -0.0437. The Kier molecular flexibility index (Phi) is 3.90. The number of carbonyl (C=O) groups is 1. The van der Waals surface area contributed by atoms with Crippen LogP contribution in [0.25, 0.3) is 16.8 Å². The van der Waals surface area contributed by atoms with E-state index in [0.29, 0.717) is 15.8 Å². The van der Waals surface area contributed by atoms with Crippen molar-refractivity contribution in [1.82, 2.24) is 4.90 Å². The lowest BCUT2D eigenvalue weighted by Crippen LogP contribution is -2.27. The fraction of sp³-hybridized carbons (Fsp3) is 0.0588. The summed E-state index contributed by atoms with van der Waals surface area (Å²) in [4.78, 5) is 14.6. The summed E-state index contributed by atoms with van der Waals surface area (Å²) in [5, 5.41) is 2.29. The van der Waals surface area contributed by atoms with E-state index < -0.39 is 0 Å². The number of hydrogen-bond donors (Lipinski definition) is 0. The van der Waals surface area contributed by atoms with Crippen molar-refractivity contribution in [3.63, 3.8) is 0 Å². The number of rotatable bonds is 3. The summed E-state index contributed by atoms with van der Waals surface area (Å²) in [6, 6.07) is 14.2. The Hall–Kier alpha value is -1.91. The second-order valence-corrected chi connectivity index (χ2v) is 6.33. The maximum absolute atomic E-state index is 12.3. The number of nitrogens with zero attached hydrogens (tertiary/aromatic N) is 1. The minimum absolute atomic E-state index is 0.0437. The molecule has 0 saturated carbocycles. The lowest BCUT2D eigenvalue weighted by Gasteiger charge is -2.10. The van der Waals surface area contributed by atoms with Crippen molar-refractivity contribution in [1.29, 1.82) is 0 Å². The second-order valence-electron chi connectivity index (χ2n) is 4.65. The maximum Gasteiger partial charge on any atom is 0.266 e. The average molecular weight is 311 g/mol. The smallest absolute Gasteiger partial charge is 0.266 e. The van der Waals surface area contributed by atoms with Gasteiger partial charge in [-0.15, -0.1) is 6.58 Å². The zero-order valence-electron chi connectivity index (χ0n) is 11.3. The van der Waals surface area contributed by atoms with Crippen LogP contribution in [0.15, 0.2) is 60.0 Å². The van der Waals surface area contributed by atoms with Crippen molar-refractivity contribution in [3.05, 3.63) is 65.6 Å². The molecule has 0 aliphatic carbocycles. The molecule has 1 heterocycles. The third-order valence-corrected chi connectivity index (χ3v) is 4.67. The first kappa shape index (κ1) is 14.0. The molecule has 3 rings (SSSR count). The van der Waals surface area contributed by atoms with Gasteiger partial charge in [-0.2, -0.15) is 0 Å². The number of thiocarbonyl (C=S) groups is 1. The van der Waals surface area contributed by atoms with E-state index in [1.807, 2.05) is 30.3 Å². The zero-order valence-corrected chi connectivity index (χ0v) is 12.9. The summed E-state index contributed by atoms with van der Waals surface area (Å²) >= 11 is 6.60. The van der Waals surface area contributed by atoms with Crippen LogP contribution in [-0.2, 0) is 4.79 Å². The molecule has 4 heteroatoms. The third kappa shape index (κ3) is 2.64. The van der Waals surface area contributed by atoms with Crippen LogP contribution in [0.1, 0.15) is 5.56 Å². The summed E-state index contributed by atoms with van der Waals surface area (Å²) in [7, 11) is 0. The van der Waals surface area contributed by atoms with Crippen molar-refractivity contribution >= 4 is 51.1 Å². The van der Waals surface area contributed by atoms with Crippen molar-refractivity contribution in [2.75, 3.05) is 6.54 Å². The van der Waals surface area contributed by atoms with Crippen LogP contribution in [0.5, 0.6) is 0 Å². The highest BCUT2D eigenvalue weighted by molar-refractivity contribution is 8.26. The number of thioether (sulfide) groups is 1. The van der Waals surface area contributed by atoms with Crippen molar-refractivity contribution in [2.45, 2.75) is 0 Å². The summed E-state index contributed by atoms with van der Waals surface area (Å²) in [5.41, 5.74) is 1.03. The highest BCUT2D eigenvalue weighted by atomic mass is 32.2. The van der Waals surface area contributed by atoms with Gasteiger partial charge in [-0.3, -0.25) is 9.69 Å². The molecule has 2 nitrogen and oxygen atoms in total. The topological polar surface area (TPSA) is 20.3 Å². The quantitative estimate of drug-likeness (QED) is 0.481. The normalized spacial score (nSPS) is 17.0. The van der Waals surface area contributed by atoms with E-state index in [1.165, 1.54) is 11.8 Å². The molecule has 0 spiro atoms. The van der Waals surface area contributed by atoms with Gasteiger partial charge < -0.3 is 0 Å². The van der Waals surface area contributed by atoms with Crippen LogP contribution in [0, 0.1) is 0 Å². The third-order valence-electron chi connectivity index (χ3n) is 3.30. The molecule has 1 amide bonds. The molecule has 0 radical (unpaired) electrons. The van der Waals surface area contributed by atoms with Gasteiger partial charge in [-0.05, 0) is 22.4 Å². The molecule has 1 saturated heterocycles. The van der Waals surface area contributed by atoms with Crippen molar-refractivity contribution in [2.24, 2.45) is 0 Å². The Balaban J connectivity index is 2.03. The van der Waals surface area contributed by atoms with E-state index in [9.17, 15) is 4.79 Å². The van der Waals surface area contributed by atoms with Crippen LogP contribution < -0.4 is 0 Å². The van der Waals surface area contributed by atoms with Gasteiger partial charge in [-0.1, -0.05) is 72.5 Å². The molecular weight excluding hydrogens is 298 g/mol. The fourth-order valence-corrected chi connectivity index (χ4v) is 3.57. The first-order valence-corrected chi connectivity index (χ1v) is 7.77. The van der Waals surface area contributed by atoms with E-state index >= 15 is 0 Å². The number of hydrogen-bond acceptors (Lipinski definition) is 3. The van der Waals surface area contributed by atoms with Gasteiger partial charge in [0.15, 0.2) is 0 Å². The van der Waals surface area contributed by atoms with Gasteiger partial charge in [0.2, 0.25) is 0 Å². The molecule has 2 aromatic carbocycles. The number of amides is 1. The summed E-state index contributed by atoms with van der Waals surface area (Å²) < 4.78 is 0.589. The SMILES string of the molecule is C=CCN1C(=O)/C(=C\c2cccc3ccccc23)SC1=S. The number of benzene rings is 2. The summed E-state index contributed by atoms with van der Waals surface area (Å²) in [6.07, 6.45) is 3.61. The van der Waals surface area contributed by atoms with Crippen LogP contribution >= 0.6 is 24.0 Å². The molecule has 2 aromatic rings. The Bertz CT molecular complexity index is 774. The Morgan fingerprint density at radius 3 is 2.76 bits per heavy atom. The Labute approximate surface area is 133 Å². The molecule has 1 fully saturated rings. The maximum atomic E-state index is 12.3. The van der Waals surface area contributed by atoms with E-state index in [0.717, 1.165) is 16.3 Å². The van der Waals surface area contributed by atoms with Crippen molar-refractivity contribution < 1.29 is 4.79 Å². The molecule has 1 aliphatic rings. The average Bonchev–Trinajstić information content (AvgIpc) is 2.76. The minimum atomic E-state index is -0.0437. The number of fused-ring (bicyclic) bond motifs is 1. The molecule has 1 aliphatic heterocycles. The molecule has 21 heavy (non-hydrogen) atoms. The Morgan fingerprint density at radius 2 is 1.95 bits per heavy atom. The largest absolute Gasteiger partial charge is 0.289 e. The van der Waals surface area contributed by atoms with Crippen molar-refractivity contribution in [3.8, 4) is 0 Å². The predicted octanol–water partition coefficient (Wildman–Crippen LogP) is 4.23. The fourth-order valence-electron chi connectivity index (χ4n) is 2.30. The van der Waals surface area contributed by atoms with Crippen LogP contribution in [0.4, 0.5) is 0 Å². The van der Waals surface area contributed by atoms with Gasteiger partial charge in [0.05, 0.1) is 4.91 Å². The first-order valence-electron chi connectivity index (χ1n) is 6.55. The van der Waals surface area contributed by atoms with E-state index in [-0.39, 0.29) is 5.91 Å². The lowest BCUT2D eigenvalue weighted by atomic mass is 10.0. The van der Waals surface area contributed by atoms with E-state index in [1.54, 1.807) is 11.0 Å². The van der Waals surface area contributed by atoms with E-state index in [2.05, 4.69) is 24.8 Å². The zero-order chi connectivity index (χ0) is 14.8.